The Hall–Kier alpha value is -2.31. The zero-order valence-electron chi connectivity index (χ0n) is 12.2. The Balaban J connectivity index is 2.21. The van der Waals surface area contributed by atoms with Crippen LogP contribution in [0, 0.1) is 19.3 Å². The summed E-state index contributed by atoms with van der Waals surface area (Å²) in [4.78, 5) is 12.2. The maximum atomic E-state index is 12.2. The Morgan fingerprint density at radius 1 is 1.27 bits per heavy atom. The molecule has 0 spiro atoms. The zero-order chi connectivity index (χ0) is 15.9. The standard InChI is InChI=1S/C19H15BrO2/c1-3-12-22-19-11-9-17(20)13-16(19)8-10-18(21)15-6-4-14(2)5-7-15/h1,4-11,13H,12H2,2H3/b10-8+. The normalized spacial score (nSPS) is 10.4. The SMILES string of the molecule is C#CCOc1ccc(Br)cc1/C=C/C(=O)c1ccc(C)cc1. The summed E-state index contributed by atoms with van der Waals surface area (Å²) in [5, 5.41) is 0. The number of ether oxygens (including phenoxy) is 1. The van der Waals surface area contributed by atoms with E-state index in [1.165, 1.54) is 6.08 Å². The van der Waals surface area contributed by atoms with Crippen LogP contribution in [-0.4, -0.2) is 12.4 Å². The number of hydrogen-bond acceptors (Lipinski definition) is 2. The summed E-state index contributed by atoms with van der Waals surface area (Å²) in [7, 11) is 0. The molecule has 2 nitrogen and oxygen atoms in total. The van der Waals surface area contributed by atoms with Crippen LogP contribution in [0.3, 0.4) is 0 Å². The van der Waals surface area contributed by atoms with Crippen molar-refractivity contribution in [2.75, 3.05) is 6.61 Å². The van der Waals surface area contributed by atoms with Gasteiger partial charge in [-0.25, -0.2) is 0 Å². The highest BCUT2D eigenvalue weighted by atomic mass is 79.9. The molecule has 0 heterocycles. The molecule has 22 heavy (non-hydrogen) atoms. The van der Waals surface area contributed by atoms with Crippen LogP contribution in [0.5, 0.6) is 5.75 Å². The lowest BCUT2D eigenvalue weighted by Gasteiger charge is -2.07. The maximum Gasteiger partial charge on any atom is 0.185 e. The maximum absolute atomic E-state index is 12.2. The minimum Gasteiger partial charge on any atom is -0.480 e. The molecule has 0 N–H and O–H groups in total. The van der Waals surface area contributed by atoms with Gasteiger partial charge in [0.15, 0.2) is 5.78 Å². The van der Waals surface area contributed by atoms with Crippen molar-refractivity contribution in [1.29, 1.82) is 0 Å². The molecule has 0 bridgehead atoms. The van der Waals surface area contributed by atoms with Crippen LogP contribution < -0.4 is 4.74 Å². The molecule has 0 aliphatic heterocycles. The number of allylic oxidation sites excluding steroid dienone is 1. The van der Waals surface area contributed by atoms with Crippen LogP contribution in [-0.2, 0) is 0 Å². The van der Waals surface area contributed by atoms with Crippen molar-refractivity contribution in [3.63, 3.8) is 0 Å². The number of halogens is 1. The third-order valence-corrected chi connectivity index (χ3v) is 3.53. The quantitative estimate of drug-likeness (QED) is 0.443. The van der Waals surface area contributed by atoms with E-state index in [4.69, 9.17) is 11.2 Å². The van der Waals surface area contributed by atoms with E-state index in [0.717, 1.165) is 15.6 Å². The summed E-state index contributed by atoms with van der Waals surface area (Å²) >= 11 is 3.41. The molecular formula is C19H15BrO2. The van der Waals surface area contributed by atoms with E-state index in [0.29, 0.717) is 11.3 Å². The summed E-state index contributed by atoms with van der Waals surface area (Å²) in [6.07, 6.45) is 8.48. The first-order valence-electron chi connectivity index (χ1n) is 6.75. The molecular weight excluding hydrogens is 340 g/mol. The Kier molecular flexibility index (Phi) is 5.57. The average Bonchev–Trinajstić information content (AvgIpc) is 2.52. The smallest absolute Gasteiger partial charge is 0.185 e. The third kappa shape index (κ3) is 4.34. The lowest BCUT2D eigenvalue weighted by Crippen LogP contribution is -1.97. The Labute approximate surface area is 138 Å². The molecule has 0 atom stereocenters. The first kappa shape index (κ1) is 16.1. The fraction of sp³-hybridized carbons (Fsp3) is 0.105. The van der Waals surface area contributed by atoms with Crippen molar-refractivity contribution in [3.05, 3.63) is 69.7 Å². The molecule has 110 valence electrons. The fourth-order valence-electron chi connectivity index (χ4n) is 1.88. The Morgan fingerprint density at radius 3 is 2.68 bits per heavy atom. The molecule has 0 aliphatic carbocycles. The van der Waals surface area contributed by atoms with E-state index in [2.05, 4.69) is 21.9 Å². The zero-order valence-corrected chi connectivity index (χ0v) is 13.8. The monoisotopic (exact) mass is 354 g/mol. The number of terminal acetylenes is 1. The lowest BCUT2D eigenvalue weighted by atomic mass is 10.1. The van der Waals surface area contributed by atoms with Gasteiger partial charge in [-0.15, -0.1) is 6.42 Å². The lowest BCUT2D eigenvalue weighted by molar-refractivity contribution is 0.104. The third-order valence-electron chi connectivity index (χ3n) is 3.03. The van der Waals surface area contributed by atoms with E-state index in [1.807, 2.05) is 49.4 Å². The van der Waals surface area contributed by atoms with Gasteiger partial charge in [-0.2, -0.15) is 0 Å². The largest absolute Gasteiger partial charge is 0.480 e. The minimum atomic E-state index is -0.0529. The van der Waals surface area contributed by atoms with Crippen LogP contribution in [0.2, 0.25) is 0 Å². The molecule has 2 aromatic rings. The molecule has 3 heteroatoms. The minimum absolute atomic E-state index is 0.0529. The second kappa shape index (κ2) is 7.63. The van der Waals surface area contributed by atoms with Crippen molar-refractivity contribution >= 4 is 27.8 Å². The van der Waals surface area contributed by atoms with E-state index in [-0.39, 0.29) is 12.4 Å². The molecule has 0 fully saturated rings. The van der Waals surface area contributed by atoms with E-state index in [1.54, 1.807) is 6.08 Å². The van der Waals surface area contributed by atoms with Crippen LogP contribution in [0.25, 0.3) is 6.08 Å². The van der Waals surface area contributed by atoms with Gasteiger partial charge in [-0.3, -0.25) is 4.79 Å². The Morgan fingerprint density at radius 2 is 2.00 bits per heavy atom. The summed E-state index contributed by atoms with van der Waals surface area (Å²) < 4.78 is 6.38. The Bertz CT molecular complexity index is 737. The molecule has 0 radical (unpaired) electrons. The van der Waals surface area contributed by atoms with E-state index < -0.39 is 0 Å². The number of carbonyl (C=O) groups excluding carboxylic acids is 1. The predicted molar refractivity (Wildman–Crippen MR) is 93.0 cm³/mol. The van der Waals surface area contributed by atoms with Crippen molar-refractivity contribution in [3.8, 4) is 18.1 Å². The molecule has 0 saturated heterocycles. The van der Waals surface area contributed by atoms with Gasteiger partial charge in [-0.1, -0.05) is 51.7 Å². The average molecular weight is 355 g/mol. The highest BCUT2D eigenvalue weighted by molar-refractivity contribution is 9.10. The summed E-state index contributed by atoms with van der Waals surface area (Å²) in [6, 6.07) is 13.0. The van der Waals surface area contributed by atoms with Crippen LogP contribution >= 0.6 is 15.9 Å². The van der Waals surface area contributed by atoms with Crippen molar-refractivity contribution in [2.24, 2.45) is 0 Å². The number of benzene rings is 2. The molecule has 0 amide bonds. The van der Waals surface area contributed by atoms with Gasteiger partial charge in [-0.05, 0) is 37.3 Å². The van der Waals surface area contributed by atoms with Crippen molar-refractivity contribution in [1.82, 2.24) is 0 Å². The molecule has 0 unspecified atom stereocenters. The number of carbonyl (C=O) groups is 1. The van der Waals surface area contributed by atoms with Gasteiger partial charge in [0, 0.05) is 15.6 Å². The highest BCUT2D eigenvalue weighted by Gasteiger charge is 2.04. The van der Waals surface area contributed by atoms with Gasteiger partial charge in [0.2, 0.25) is 0 Å². The number of rotatable bonds is 5. The molecule has 2 aromatic carbocycles. The van der Waals surface area contributed by atoms with Crippen molar-refractivity contribution < 1.29 is 9.53 Å². The number of aryl methyl sites for hydroxylation is 1. The topological polar surface area (TPSA) is 26.3 Å². The summed E-state index contributed by atoms with van der Waals surface area (Å²) in [5.74, 6) is 3.02. The first-order chi connectivity index (χ1) is 10.6. The van der Waals surface area contributed by atoms with Gasteiger partial charge < -0.3 is 4.74 Å². The second-order valence-electron chi connectivity index (χ2n) is 4.74. The van der Waals surface area contributed by atoms with Gasteiger partial charge in [0.1, 0.15) is 12.4 Å². The molecule has 2 rings (SSSR count). The summed E-state index contributed by atoms with van der Waals surface area (Å²) in [6.45, 7) is 2.18. The molecule has 0 saturated carbocycles. The summed E-state index contributed by atoms with van der Waals surface area (Å²) in [5.41, 5.74) is 2.57. The van der Waals surface area contributed by atoms with E-state index in [9.17, 15) is 4.79 Å². The second-order valence-corrected chi connectivity index (χ2v) is 5.65. The molecule has 0 aliphatic rings. The van der Waals surface area contributed by atoms with Crippen molar-refractivity contribution in [2.45, 2.75) is 6.92 Å². The first-order valence-corrected chi connectivity index (χ1v) is 7.54. The van der Waals surface area contributed by atoms with E-state index >= 15 is 0 Å². The van der Waals surface area contributed by atoms with Crippen LogP contribution in [0.4, 0.5) is 0 Å². The fourth-order valence-corrected chi connectivity index (χ4v) is 2.26. The highest BCUT2D eigenvalue weighted by Crippen LogP contribution is 2.24. The van der Waals surface area contributed by atoms with Gasteiger partial charge in [0.25, 0.3) is 0 Å². The van der Waals surface area contributed by atoms with Crippen LogP contribution in [0.1, 0.15) is 21.5 Å². The number of ketones is 1. The van der Waals surface area contributed by atoms with Crippen LogP contribution in [0.15, 0.2) is 53.0 Å². The number of hydrogen-bond donors (Lipinski definition) is 0. The van der Waals surface area contributed by atoms with Gasteiger partial charge >= 0.3 is 0 Å². The van der Waals surface area contributed by atoms with Gasteiger partial charge in [0.05, 0.1) is 0 Å². The predicted octanol–water partition coefficient (Wildman–Crippen LogP) is 4.67. The molecule has 0 aromatic heterocycles.